The number of alkyl halides is 3. The molecule has 0 N–H and O–H groups in total. The first-order valence-corrected chi connectivity index (χ1v) is 5.13. The lowest BCUT2D eigenvalue weighted by Crippen LogP contribution is -2.23. The van der Waals surface area contributed by atoms with E-state index in [0.29, 0.717) is 18.4 Å². The minimum absolute atomic E-state index is 0.0274. The molecule has 4 heteroatoms. The van der Waals surface area contributed by atoms with Crippen molar-refractivity contribution in [2.45, 2.75) is 24.9 Å². The highest BCUT2D eigenvalue weighted by Gasteiger charge is 2.33. The Morgan fingerprint density at radius 2 is 1.94 bits per heavy atom. The van der Waals surface area contributed by atoms with E-state index in [1.165, 1.54) is 12.1 Å². The van der Waals surface area contributed by atoms with E-state index >= 15 is 0 Å². The summed E-state index contributed by atoms with van der Waals surface area (Å²) in [4.78, 5) is 10.4. The molecule has 1 fully saturated rings. The van der Waals surface area contributed by atoms with Crippen LogP contribution in [0.2, 0.25) is 0 Å². The lowest BCUT2D eigenvalue weighted by Gasteiger charge is -2.32. The summed E-state index contributed by atoms with van der Waals surface area (Å²) in [6.45, 7) is 0. The van der Waals surface area contributed by atoms with Gasteiger partial charge in [0.15, 0.2) is 0 Å². The third-order valence-electron chi connectivity index (χ3n) is 3.05. The maximum atomic E-state index is 12.4. The Bertz CT molecular complexity index is 391. The maximum Gasteiger partial charge on any atom is 0.416 e. The summed E-state index contributed by atoms with van der Waals surface area (Å²) in [5.41, 5.74) is 0.0764. The highest BCUT2D eigenvalue weighted by Crippen LogP contribution is 2.41. The molecular weight excluding hydrogens is 217 g/mol. The van der Waals surface area contributed by atoms with Crippen molar-refractivity contribution in [1.82, 2.24) is 0 Å². The van der Waals surface area contributed by atoms with Crippen molar-refractivity contribution in [3.63, 3.8) is 0 Å². The number of aldehydes is 1. The molecule has 0 saturated heterocycles. The van der Waals surface area contributed by atoms with Crippen LogP contribution in [0.3, 0.4) is 0 Å². The standard InChI is InChI=1S/C12H11F3O/c13-12(14,15)11-3-1-2-9(6-11)10-4-8(5-10)7-16/h1-3,6-8,10H,4-5H2. The van der Waals surface area contributed by atoms with Gasteiger partial charge in [0.1, 0.15) is 6.29 Å². The molecule has 0 spiro atoms. The van der Waals surface area contributed by atoms with E-state index < -0.39 is 11.7 Å². The molecule has 0 atom stereocenters. The lowest BCUT2D eigenvalue weighted by molar-refractivity contribution is -0.137. The topological polar surface area (TPSA) is 17.1 Å². The molecule has 86 valence electrons. The highest BCUT2D eigenvalue weighted by molar-refractivity contribution is 5.56. The fraction of sp³-hybridized carbons (Fsp3) is 0.417. The molecular formula is C12H11F3O. The SMILES string of the molecule is O=CC1CC(c2cccc(C(F)(F)F)c2)C1. The van der Waals surface area contributed by atoms with E-state index in [1.807, 2.05) is 0 Å². The van der Waals surface area contributed by atoms with Gasteiger partial charge in [0.2, 0.25) is 0 Å². The largest absolute Gasteiger partial charge is 0.416 e. The quantitative estimate of drug-likeness (QED) is 0.709. The van der Waals surface area contributed by atoms with E-state index in [4.69, 9.17) is 0 Å². The van der Waals surface area contributed by atoms with E-state index in [9.17, 15) is 18.0 Å². The zero-order valence-electron chi connectivity index (χ0n) is 8.50. The molecule has 0 heterocycles. The number of carbonyl (C=O) groups excluding carboxylic acids is 1. The first kappa shape index (κ1) is 11.2. The van der Waals surface area contributed by atoms with Crippen LogP contribution in [0.4, 0.5) is 13.2 Å². The third kappa shape index (κ3) is 2.10. The van der Waals surface area contributed by atoms with Gasteiger partial charge in [-0.3, -0.25) is 0 Å². The van der Waals surface area contributed by atoms with Gasteiger partial charge >= 0.3 is 6.18 Å². The van der Waals surface area contributed by atoms with E-state index in [0.717, 1.165) is 12.4 Å². The molecule has 1 aliphatic carbocycles. The molecule has 0 amide bonds. The minimum Gasteiger partial charge on any atom is -0.303 e. The molecule has 1 saturated carbocycles. The predicted octanol–water partition coefficient (Wildman–Crippen LogP) is 3.40. The number of hydrogen-bond acceptors (Lipinski definition) is 1. The molecule has 1 aromatic carbocycles. The van der Waals surface area contributed by atoms with Crippen molar-refractivity contribution in [1.29, 1.82) is 0 Å². The normalized spacial score (nSPS) is 24.9. The summed E-state index contributed by atoms with van der Waals surface area (Å²) in [5, 5.41) is 0. The Hall–Kier alpha value is -1.32. The first-order chi connectivity index (χ1) is 7.50. The van der Waals surface area contributed by atoms with Crippen LogP contribution in [-0.2, 0) is 11.0 Å². The van der Waals surface area contributed by atoms with Gasteiger partial charge in [0.05, 0.1) is 5.56 Å². The fourth-order valence-electron chi connectivity index (χ4n) is 2.01. The average Bonchev–Trinajstić information content (AvgIpc) is 2.15. The molecule has 1 aromatic rings. The third-order valence-corrected chi connectivity index (χ3v) is 3.05. The van der Waals surface area contributed by atoms with E-state index in [-0.39, 0.29) is 11.8 Å². The summed E-state index contributed by atoms with van der Waals surface area (Å²) < 4.78 is 37.3. The minimum atomic E-state index is -4.29. The first-order valence-electron chi connectivity index (χ1n) is 5.13. The van der Waals surface area contributed by atoms with Crippen LogP contribution in [0.15, 0.2) is 24.3 Å². The average molecular weight is 228 g/mol. The number of benzene rings is 1. The molecule has 16 heavy (non-hydrogen) atoms. The van der Waals surface area contributed by atoms with Gasteiger partial charge in [-0.2, -0.15) is 13.2 Å². The zero-order chi connectivity index (χ0) is 11.8. The van der Waals surface area contributed by atoms with Gasteiger partial charge < -0.3 is 4.79 Å². The number of carbonyl (C=O) groups is 1. The van der Waals surface area contributed by atoms with Crippen LogP contribution in [0, 0.1) is 5.92 Å². The van der Waals surface area contributed by atoms with E-state index in [2.05, 4.69) is 0 Å². The molecule has 0 aromatic heterocycles. The molecule has 0 bridgehead atoms. The second-order valence-electron chi connectivity index (χ2n) is 4.19. The Labute approximate surface area is 91.3 Å². The smallest absolute Gasteiger partial charge is 0.303 e. The molecule has 1 aliphatic rings. The van der Waals surface area contributed by atoms with Gasteiger partial charge in [0.25, 0.3) is 0 Å². The van der Waals surface area contributed by atoms with Crippen LogP contribution < -0.4 is 0 Å². The van der Waals surface area contributed by atoms with Crippen molar-refractivity contribution >= 4 is 6.29 Å². The van der Waals surface area contributed by atoms with E-state index in [1.54, 1.807) is 6.07 Å². The monoisotopic (exact) mass is 228 g/mol. The van der Waals surface area contributed by atoms with Gasteiger partial charge in [-0.15, -0.1) is 0 Å². The number of rotatable bonds is 2. The van der Waals surface area contributed by atoms with Gasteiger partial charge in [-0.1, -0.05) is 18.2 Å². The molecule has 0 radical (unpaired) electrons. The zero-order valence-corrected chi connectivity index (χ0v) is 8.50. The Balaban J connectivity index is 2.15. The predicted molar refractivity (Wildman–Crippen MR) is 53.0 cm³/mol. The van der Waals surface area contributed by atoms with Crippen LogP contribution in [0.5, 0.6) is 0 Å². The molecule has 1 nitrogen and oxygen atoms in total. The van der Waals surface area contributed by atoms with Crippen LogP contribution >= 0.6 is 0 Å². The second kappa shape index (κ2) is 3.92. The highest BCUT2D eigenvalue weighted by atomic mass is 19.4. The van der Waals surface area contributed by atoms with Gasteiger partial charge in [-0.05, 0) is 30.4 Å². The number of halogens is 3. The van der Waals surface area contributed by atoms with Crippen molar-refractivity contribution in [3.05, 3.63) is 35.4 Å². The van der Waals surface area contributed by atoms with Crippen LogP contribution in [0.1, 0.15) is 29.9 Å². The fourth-order valence-corrected chi connectivity index (χ4v) is 2.01. The Morgan fingerprint density at radius 3 is 2.50 bits per heavy atom. The van der Waals surface area contributed by atoms with Crippen LogP contribution in [-0.4, -0.2) is 6.29 Å². The summed E-state index contributed by atoms with van der Waals surface area (Å²) in [7, 11) is 0. The maximum absolute atomic E-state index is 12.4. The molecule has 0 aliphatic heterocycles. The Kier molecular flexibility index (Phi) is 2.74. The van der Waals surface area contributed by atoms with Crippen molar-refractivity contribution in [3.8, 4) is 0 Å². The molecule has 2 rings (SSSR count). The Morgan fingerprint density at radius 1 is 1.25 bits per heavy atom. The van der Waals surface area contributed by atoms with Crippen LogP contribution in [0.25, 0.3) is 0 Å². The summed E-state index contributed by atoms with van der Waals surface area (Å²) in [6, 6.07) is 5.37. The summed E-state index contributed by atoms with van der Waals surface area (Å²) in [6.07, 6.45) is -2.07. The van der Waals surface area contributed by atoms with Gasteiger partial charge in [-0.25, -0.2) is 0 Å². The van der Waals surface area contributed by atoms with Gasteiger partial charge in [0, 0.05) is 5.92 Å². The number of hydrogen-bond donors (Lipinski definition) is 0. The summed E-state index contributed by atoms with van der Waals surface area (Å²) >= 11 is 0. The summed E-state index contributed by atoms with van der Waals surface area (Å²) in [5.74, 6) is 0.136. The van der Waals surface area contributed by atoms with Crippen molar-refractivity contribution in [2.24, 2.45) is 5.92 Å². The second-order valence-corrected chi connectivity index (χ2v) is 4.19. The van der Waals surface area contributed by atoms with Crippen molar-refractivity contribution in [2.75, 3.05) is 0 Å². The molecule has 0 unspecified atom stereocenters. The van der Waals surface area contributed by atoms with Crippen molar-refractivity contribution < 1.29 is 18.0 Å². The lowest BCUT2D eigenvalue weighted by atomic mass is 9.72.